The molecule has 0 bridgehead atoms. The first-order valence-corrected chi connectivity index (χ1v) is 7.51. The fraction of sp³-hybridized carbons (Fsp3) is 0. The Kier molecular flexibility index (Phi) is 4.83. The zero-order chi connectivity index (χ0) is 16.9. The number of benzene rings is 2. The van der Waals surface area contributed by atoms with Gasteiger partial charge in [0.2, 0.25) is 0 Å². The van der Waals surface area contributed by atoms with Crippen LogP contribution in [0, 0.1) is 0 Å². The van der Waals surface area contributed by atoms with Crippen molar-refractivity contribution in [3.63, 3.8) is 0 Å². The molecular weight excluding hydrogens is 351 g/mol. The van der Waals surface area contributed by atoms with E-state index in [1.165, 1.54) is 17.2 Å². The molecule has 9 heteroatoms. The Hall–Kier alpha value is -2.77. The second kappa shape index (κ2) is 7.20. The summed E-state index contributed by atoms with van der Waals surface area (Å²) < 4.78 is 1.49. The van der Waals surface area contributed by atoms with Gasteiger partial charge >= 0.3 is 0 Å². The van der Waals surface area contributed by atoms with Gasteiger partial charge in [-0.2, -0.15) is 5.10 Å². The third-order valence-corrected chi connectivity index (χ3v) is 3.93. The molecule has 1 N–H and O–H groups in total. The van der Waals surface area contributed by atoms with Crippen LogP contribution in [-0.4, -0.2) is 32.3 Å². The van der Waals surface area contributed by atoms with Crippen molar-refractivity contribution in [2.75, 3.05) is 0 Å². The van der Waals surface area contributed by atoms with Crippen molar-refractivity contribution in [3.05, 3.63) is 70.0 Å². The largest absolute Gasteiger partial charge is 0.271 e. The quantitative estimate of drug-likeness (QED) is 0.572. The number of hydrogen-bond acceptors (Lipinski definition) is 5. The molecule has 0 aliphatic heterocycles. The molecule has 1 aromatic heterocycles. The first-order chi connectivity index (χ1) is 11.6. The van der Waals surface area contributed by atoms with Gasteiger partial charge in [-0.25, -0.2) is 10.1 Å². The SMILES string of the molecule is O=C(N/N=C/c1cccc(Cl)c1Cl)c1ccc(-n2cnnn2)cc1. The number of tetrazole rings is 1. The van der Waals surface area contributed by atoms with Gasteiger partial charge < -0.3 is 0 Å². The van der Waals surface area contributed by atoms with Crippen LogP contribution in [0.1, 0.15) is 15.9 Å². The van der Waals surface area contributed by atoms with Crippen molar-refractivity contribution in [2.45, 2.75) is 0 Å². The van der Waals surface area contributed by atoms with Crippen LogP contribution < -0.4 is 5.43 Å². The molecule has 3 aromatic rings. The number of nitrogens with one attached hydrogen (secondary N) is 1. The number of rotatable bonds is 4. The molecule has 0 aliphatic carbocycles. The lowest BCUT2D eigenvalue weighted by molar-refractivity contribution is 0.0955. The third kappa shape index (κ3) is 3.58. The summed E-state index contributed by atoms with van der Waals surface area (Å²) in [5.74, 6) is -0.354. The maximum atomic E-state index is 12.1. The zero-order valence-corrected chi connectivity index (χ0v) is 13.6. The molecule has 3 rings (SSSR count). The first-order valence-electron chi connectivity index (χ1n) is 6.76. The molecule has 24 heavy (non-hydrogen) atoms. The topological polar surface area (TPSA) is 85.1 Å². The number of carbonyl (C=O) groups excluding carboxylic acids is 1. The molecule has 0 fully saturated rings. The molecule has 0 unspecified atom stereocenters. The van der Waals surface area contributed by atoms with Crippen LogP contribution in [0.2, 0.25) is 10.0 Å². The molecule has 0 spiro atoms. The van der Waals surface area contributed by atoms with Gasteiger partial charge in [-0.3, -0.25) is 4.79 Å². The van der Waals surface area contributed by atoms with E-state index in [0.717, 1.165) is 5.69 Å². The summed E-state index contributed by atoms with van der Waals surface area (Å²) in [6.45, 7) is 0. The molecule has 7 nitrogen and oxygen atoms in total. The Labute approximate surface area is 146 Å². The number of halogens is 2. The minimum Gasteiger partial charge on any atom is -0.267 e. The van der Waals surface area contributed by atoms with Crippen molar-refractivity contribution in [1.29, 1.82) is 0 Å². The molecule has 0 aliphatic rings. The molecular formula is C15H10Cl2N6O. The zero-order valence-electron chi connectivity index (χ0n) is 12.1. The summed E-state index contributed by atoms with van der Waals surface area (Å²) in [4.78, 5) is 12.1. The molecule has 0 saturated carbocycles. The van der Waals surface area contributed by atoms with E-state index in [1.54, 1.807) is 42.5 Å². The molecule has 120 valence electrons. The third-order valence-electron chi connectivity index (χ3n) is 3.09. The Morgan fingerprint density at radius 3 is 2.67 bits per heavy atom. The second-order valence-electron chi connectivity index (χ2n) is 4.64. The predicted octanol–water partition coefficient (Wildman–Crippen LogP) is 2.73. The lowest BCUT2D eigenvalue weighted by atomic mass is 10.2. The van der Waals surface area contributed by atoms with Crippen LogP contribution >= 0.6 is 23.2 Å². The molecule has 0 atom stereocenters. The normalized spacial score (nSPS) is 10.9. The number of carbonyl (C=O) groups is 1. The fourth-order valence-corrected chi connectivity index (χ4v) is 2.25. The van der Waals surface area contributed by atoms with Gasteiger partial charge in [-0.15, -0.1) is 5.10 Å². The van der Waals surface area contributed by atoms with Gasteiger partial charge in [-0.05, 0) is 40.8 Å². The highest BCUT2D eigenvalue weighted by atomic mass is 35.5. The highest BCUT2D eigenvalue weighted by Gasteiger charge is 2.06. The number of hydrazone groups is 1. The number of nitrogens with zero attached hydrogens (tertiary/aromatic N) is 5. The van der Waals surface area contributed by atoms with Crippen molar-refractivity contribution < 1.29 is 4.79 Å². The summed E-state index contributed by atoms with van der Waals surface area (Å²) in [5.41, 5.74) is 4.23. The maximum absolute atomic E-state index is 12.1. The van der Waals surface area contributed by atoms with Crippen LogP contribution in [0.25, 0.3) is 5.69 Å². The van der Waals surface area contributed by atoms with Crippen LogP contribution in [-0.2, 0) is 0 Å². The van der Waals surface area contributed by atoms with Crippen LogP contribution in [0.15, 0.2) is 53.9 Å². The standard InChI is InChI=1S/C15H10Cl2N6O/c16-13-3-1-2-11(14(13)17)8-18-20-15(24)10-4-6-12(7-5-10)23-9-19-21-22-23/h1-9H,(H,20,24)/b18-8+. The van der Waals surface area contributed by atoms with E-state index in [0.29, 0.717) is 21.2 Å². The Balaban J connectivity index is 1.67. The first kappa shape index (κ1) is 16.1. The van der Waals surface area contributed by atoms with Crippen molar-refractivity contribution in [2.24, 2.45) is 5.10 Å². The summed E-state index contributed by atoms with van der Waals surface area (Å²) in [6, 6.07) is 11.9. The van der Waals surface area contributed by atoms with E-state index >= 15 is 0 Å². The van der Waals surface area contributed by atoms with E-state index in [4.69, 9.17) is 23.2 Å². The van der Waals surface area contributed by atoms with E-state index < -0.39 is 0 Å². The van der Waals surface area contributed by atoms with Gasteiger partial charge in [0.15, 0.2) is 0 Å². The van der Waals surface area contributed by atoms with Gasteiger partial charge in [0.05, 0.1) is 21.9 Å². The minimum absolute atomic E-state index is 0.354. The predicted molar refractivity (Wildman–Crippen MR) is 90.7 cm³/mol. The lowest BCUT2D eigenvalue weighted by Gasteiger charge is -2.03. The molecule has 2 aromatic carbocycles. The molecule has 1 amide bonds. The van der Waals surface area contributed by atoms with Crippen molar-refractivity contribution >= 4 is 35.3 Å². The average Bonchev–Trinajstić information content (AvgIpc) is 3.13. The van der Waals surface area contributed by atoms with E-state index in [9.17, 15) is 4.79 Å². The van der Waals surface area contributed by atoms with Crippen molar-refractivity contribution in [3.8, 4) is 5.69 Å². The van der Waals surface area contributed by atoms with E-state index in [2.05, 4.69) is 26.1 Å². The number of hydrogen-bond donors (Lipinski definition) is 1. The van der Waals surface area contributed by atoms with Gasteiger partial charge in [0.1, 0.15) is 6.33 Å². The Morgan fingerprint density at radius 2 is 1.96 bits per heavy atom. The van der Waals surface area contributed by atoms with Gasteiger partial charge in [0.25, 0.3) is 5.91 Å². The summed E-state index contributed by atoms with van der Waals surface area (Å²) in [5, 5.41) is 15.6. The smallest absolute Gasteiger partial charge is 0.267 e. The van der Waals surface area contributed by atoms with Gasteiger partial charge in [0, 0.05) is 11.1 Å². The molecule has 1 heterocycles. The fourth-order valence-electron chi connectivity index (χ4n) is 1.89. The Morgan fingerprint density at radius 1 is 1.17 bits per heavy atom. The van der Waals surface area contributed by atoms with E-state index in [-0.39, 0.29) is 5.91 Å². The number of amides is 1. The number of aromatic nitrogens is 4. The summed E-state index contributed by atoms with van der Waals surface area (Å²) in [7, 11) is 0. The summed E-state index contributed by atoms with van der Waals surface area (Å²) >= 11 is 11.9. The minimum atomic E-state index is -0.354. The molecule has 0 radical (unpaired) electrons. The van der Waals surface area contributed by atoms with Crippen LogP contribution in [0.5, 0.6) is 0 Å². The second-order valence-corrected chi connectivity index (χ2v) is 5.43. The highest BCUT2D eigenvalue weighted by Crippen LogP contribution is 2.24. The summed E-state index contributed by atoms with van der Waals surface area (Å²) in [6.07, 6.45) is 2.90. The Bertz CT molecular complexity index is 877. The monoisotopic (exact) mass is 360 g/mol. The highest BCUT2D eigenvalue weighted by molar-refractivity contribution is 6.43. The van der Waals surface area contributed by atoms with Crippen LogP contribution in [0.4, 0.5) is 0 Å². The average molecular weight is 361 g/mol. The maximum Gasteiger partial charge on any atom is 0.271 e. The van der Waals surface area contributed by atoms with Crippen LogP contribution in [0.3, 0.4) is 0 Å². The lowest BCUT2D eigenvalue weighted by Crippen LogP contribution is -2.17. The van der Waals surface area contributed by atoms with E-state index in [1.807, 2.05) is 0 Å². The van der Waals surface area contributed by atoms with Crippen molar-refractivity contribution in [1.82, 2.24) is 25.6 Å². The molecule has 0 saturated heterocycles. The van der Waals surface area contributed by atoms with Gasteiger partial charge in [-0.1, -0.05) is 35.3 Å².